The molecule has 1 aliphatic heterocycles. The summed E-state index contributed by atoms with van der Waals surface area (Å²) in [5, 5.41) is 4.54. The van der Waals surface area contributed by atoms with Gasteiger partial charge in [0, 0.05) is 37.4 Å². The van der Waals surface area contributed by atoms with Crippen LogP contribution in [0.4, 0.5) is 0 Å². The predicted molar refractivity (Wildman–Crippen MR) is 101 cm³/mol. The molecule has 136 valence electrons. The Morgan fingerprint density at radius 3 is 2.65 bits per heavy atom. The van der Waals surface area contributed by atoms with Crippen molar-refractivity contribution in [2.75, 3.05) is 32.8 Å². The fourth-order valence-electron chi connectivity index (χ4n) is 3.42. The molecule has 0 amide bonds. The first-order valence-corrected chi connectivity index (χ1v) is 9.15. The lowest BCUT2D eigenvalue weighted by Gasteiger charge is -2.30. The lowest BCUT2D eigenvalue weighted by atomic mass is 10.2. The summed E-state index contributed by atoms with van der Waals surface area (Å²) in [7, 11) is 0. The average molecular weight is 351 g/mol. The summed E-state index contributed by atoms with van der Waals surface area (Å²) in [4.78, 5) is 6.84. The van der Waals surface area contributed by atoms with Crippen LogP contribution in [0.3, 0.4) is 0 Å². The molecule has 2 aromatic heterocycles. The summed E-state index contributed by atoms with van der Waals surface area (Å²) >= 11 is 0. The van der Waals surface area contributed by atoms with Gasteiger partial charge in [-0.2, -0.15) is 5.10 Å². The highest BCUT2D eigenvalue weighted by Gasteiger charge is 2.18. The molecule has 26 heavy (non-hydrogen) atoms. The number of morpholine rings is 1. The Balaban J connectivity index is 1.54. The summed E-state index contributed by atoms with van der Waals surface area (Å²) < 4.78 is 9.60. The third-order valence-corrected chi connectivity index (χ3v) is 4.94. The van der Waals surface area contributed by atoms with E-state index in [0.717, 1.165) is 49.8 Å². The van der Waals surface area contributed by atoms with Crippen LogP contribution in [0.1, 0.15) is 18.5 Å². The normalized spacial score (nSPS) is 16.7. The van der Waals surface area contributed by atoms with E-state index < -0.39 is 0 Å². The summed E-state index contributed by atoms with van der Waals surface area (Å²) in [5.41, 5.74) is 4.49. The average Bonchev–Trinajstić information content (AvgIpc) is 3.32. The molecular weight excluding hydrogens is 326 g/mol. The number of rotatable bonds is 5. The second-order valence-electron chi connectivity index (χ2n) is 6.96. The Labute approximate surface area is 154 Å². The highest BCUT2D eigenvalue weighted by atomic mass is 16.5. The van der Waals surface area contributed by atoms with E-state index >= 15 is 0 Å². The van der Waals surface area contributed by atoms with Gasteiger partial charge in [-0.05, 0) is 26.0 Å². The number of benzene rings is 1. The lowest BCUT2D eigenvalue weighted by Crippen LogP contribution is -2.39. The first kappa shape index (κ1) is 17.0. The fourth-order valence-corrected chi connectivity index (χ4v) is 3.42. The highest BCUT2D eigenvalue weighted by molar-refractivity contribution is 5.57. The van der Waals surface area contributed by atoms with Crippen LogP contribution in [-0.4, -0.2) is 57.1 Å². The molecule has 0 spiro atoms. The van der Waals surface area contributed by atoms with Crippen LogP contribution in [0, 0.1) is 6.92 Å². The predicted octanol–water partition coefficient (Wildman–Crippen LogP) is 2.94. The van der Waals surface area contributed by atoms with Gasteiger partial charge in [0.25, 0.3) is 0 Å². The number of hydrogen-bond acceptors (Lipinski definition) is 4. The Morgan fingerprint density at radius 2 is 1.88 bits per heavy atom. The van der Waals surface area contributed by atoms with Gasteiger partial charge in [0.05, 0.1) is 43.3 Å². The zero-order valence-electron chi connectivity index (χ0n) is 15.4. The van der Waals surface area contributed by atoms with Crippen LogP contribution in [0.15, 0.2) is 49.2 Å². The van der Waals surface area contributed by atoms with E-state index in [2.05, 4.69) is 63.9 Å². The van der Waals surface area contributed by atoms with E-state index in [0.29, 0.717) is 6.04 Å². The molecule has 0 aliphatic carbocycles. The third kappa shape index (κ3) is 3.57. The SMILES string of the molecule is Cc1ccc(-n2cc(-c3cncn3C(C)CN3CCOCC3)cn2)cc1. The second kappa shape index (κ2) is 7.43. The molecule has 6 nitrogen and oxygen atoms in total. The molecule has 1 unspecified atom stereocenters. The number of hydrogen-bond donors (Lipinski definition) is 0. The lowest BCUT2D eigenvalue weighted by molar-refractivity contribution is 0.0326. The van der Waals surface area contributed by atoms with Crippen molar-refractivity contribution in [1.82, 2.24) is 24.2 Å². The molecule has 1 aromatic carbocycles. The van der Waals surface area contributed by atoms with Gasteiger partial charge in [-0.1, -0.05) is 17.7 Å². The van der Waals surface area contributed by atoms with Gasteiger partial charge in [0.2, 0.25) is 0 Å². The van der Waals surface area contributed by atoms with Gasteiger partial charge >= 0.3 is 0 Å². The number of imidazole rings is 1. The zero-order chi connectivity index (χ0) is 17.9. The smallest absolute Gasteiger partial charge is 0.0953 e. The second-order valence-corrected chi connectivity index (χ2v) is 6.96. The number of aromatic nitrogens is 4. The molecule has 3 heterocycles. The van der Waals surface area contributed by atoms with Crippen molar-refractivity contribution in [2.24, 2.45) is 0 Å². The maximum absolute atomic E-state index is 5.45. The summed E-state index contributed by atoms with van der Waals surface area (Å²) in [6.07, 6.45) is 7.82. The van der Waals surface area contributed by atoms with Crippen LogP contribution in [0.25, 0.3) is 16.9 Å². The molecule has 0 N–H and O–H groups in total. The van der Waals surface area contributed by atoms with Crippen molar-refractivity contribution in [1.29, 1.82) is 0 Å². The Bertz CT molecular complexity index is 845. The Hall–Kier alpha value is -2.44. The molecule has 1 fully saturated rings. The third-order valence-electron chi connectivity index (χ3n) is 4.94. The molecule has 4 rings (SSSR count). The number of nitrogens with zero attached hydrogens (tertiary/aromatic N) is 5. The largest absolute Gasteiger partial charge is 0.379 e. The van der Waals surface area contributed by atoms with E-state index in [1.807, 2.05) is 23.4 Å². The van der Waals surface area contributed by atoms with Gasteiger partial charge in [0.15, 0.2) is 0 Å². The minimum Gasteiger partial charge on any atom is -0.379 e. The van der Waals surface area contributed by atoms with Gasteiger partial charge < -0.3 is 9.30 Å². The molecule has 1 saturated heterocycles. The van der Waals surface area contributed by atoms with Gasteiger partial charge in [-0.25, -0.2) is 9.67 Å². The number of aryl methyl sites for hydroxylation is 1. The van der Waals surface area contributed by atoms with Crippen molar-refractivity contribution >= 4 is 0 Å². The molecule has 3 aromatic rings. The highest BCUT2D eigenvalue weighted by Crippen LogP contribution is 2.24. The molecule has 1 atom stereocenters. The van der Waals surface area contributed by atoms with E-state index in [-0.39, 0.29) is 0 Å². The first-order valence-electron chi connectivity index (χ1n) is 9.15. The maximum Gasteiger partial charge on any atom is 0.0953 e. The Morgan fingerprint density at radius 1 is 1.12 bits per heavy atom. The molecule has 0 saturated carbocycles. The van der Waals surface area contributed by atoms with Crippen molar-refractivity contribution in [3.8, 4) is 16.9 Å². The van der Waals surface area contributed by atoms with Gasteiger partial charge in [-0.3, -0.25) is 4.90 Å². The summed E-state index contributed by atoms with van der Waals surface area (Å²) in [6.45, 7) is 8.98. The molecule has 0 bridgehead atoms. The Kier molecular flexibility index (Phi) is 4.86. The summed E-state index contributed by atoms with van der Waals surface area (Å²) in [6, 6.07) is 8.72. The van der Waals surface area contributed by atoms with Gasteiger partial charge in [-0.15, -0.1) is 0 Å². The minimum atomic E-state index is 0.341. The zero-order valence-corrected chi connectivity index (χ0v) is 15.4. The first-order chi connectivity index (χ1) is 12.7. The van der Waals surface area contributed by atoms with Crippen LogP contribution < -0.4 is 0 Å². The van der Waals surface area contributed by atoms with Crippen molar-refractivity contribution in [3.63, 3.8) is 0 Å². The molecular formula is C20H25N5O. The number of ether oxygens (including phenoxy) is 1. The van der Waals surface area contributed by atoms with Crippen LogP contribution in [0.2, 0.25) is 0 Å². The van der Waals surface area contributed by atoms with Crippen LogP contribution in [-0.2, 0) is 4.74 Å². The topological polar surface area (TPSA) is 48.1 Å². The monoisotopic (exact) mass is 351 g/mol. The van der Waals surface area contributed by atoms with Crippen LogP contribution >= 0.6 is 0 Å². The van der Waals surface area contributed by atoms with Crippen LogP contribution in [0.5, 0.6) is 0 Å². The van der Waals surface area contributed by atoms with Gasteiger partial charge in [0.1, 0.15) is 0 Å². The maximum atomic E-state index is 5.45. The van der Waals surface area contributed by atoms with Crippen molar-refractivity contribution in [3.05, 3.63) is 54.7 Å². The van der Waals surface area contributed by atoms with E-state index in [9.17, 15) is 0 Å². The quantitative estimate of drug-likeness (QED) is 0.709. The molecule has 6 heteroatoms. The van der Waals surface area contributed by atoms with E-state index in [1.165, 1.54) is 5.56 Å². The van der Waals surface area contributed by atoms with E-state index in [4.69, 9.17) is 4.74 Å². The van der Waals surface area contributed by atoms with Crippen molar-refractivity contribution < 1.29 is 4.74 Å². The van der Waals surface area contributed by atoms with Crippen molar-refractivity contribution in [2.45, 2.75) is 19.9 Å². The molecule has 0 radical (unpaired) electrons. The molecule has 1 aliphatic rings. The summed E-state index contributed by atoms with van der Waals surface area (Å²) in [5.74, 6) is 0. The minimum absolute atomic E-state index is 0.341. The standard InChI is InChI=1S/C20H25N5O/c1-16-3-5-19(6-4-16)25-14-18(11-22-25)20-12-21-15-24(20)17(2)13-23-7-9-26-10-8-23/h3-6,11-12,14-15,17H,7-10,13H2,1-2H3. The van der Waals surface area contributed by atoms with E-state index in [1.54, 1.807) is 0 Å². The fraction of sp³-hybridized carbons (Fsp3) is 0.400.